The van der Waals surface area contributed by atoms with Crippen molar-refractivity contribution in [1.29, 1.82) is 0 Å². The molecule has 0 aliphatic carbocycles. The van der Waals surface area contributed by atoms with Gasteiger partial charge in [-0.05, 0) is 125 Å². The van der Waals surface area contributed by atoms with E-state index in [9.17, 15) is 4.79 Å². The third-order valence-corrected chi connectivity index (χ3v) is 30.4. The molecule has 0 aliphatic heterocycles. The number of aryl methyl sites for hydroxylation is 2. The SMILES string of the molecule is CCCCC(CC)COc1c2cc(-c3sc(-c4cc5c(OCC(CC)CCCC)c6sc(-c7sc(C)c8cc(C(=O)C(CC)CCCC)sc78)cc6c(OCC(CC)CCCC)c5s4)c4sc(C(=O)C(CC)CCCC)cc34)sc2c(OCC(CC)CCCC)c2cc(C)sc12. The minimum Gasteiger partial charge on any atom is -0.491 e. The molecule has 10 rings (SSSR count). The first kappa shape index (κ1) is 74.8. The molecule has 0 saturated heterocycles. The van der Waals surface area contributed by atoms with Crippen molar-refractivity contribution in [2.75, 3.05) is 26.4 Å². The van der Waals surface area contributed by atoms with Crippen LogP contribution in [0.1, 0.15) is 266 Å². The van der Waals surface area contributed by atoms with Crippen molar-refractivity contribution in [3.8, 4) is 52.3 Å². The van der Waals surface area contributed by atoms with E-state index in [-0.39, 0.29) is 17.6 Å². The Balaban J connectivity index is 1.21. The van der Waals surface area contributed by atoms with Gasteiger partial charge in [0.15, 0.2) is 11.6 Å². The van der Waals surface area contributed by atoms with Crippen LogP contribution < -0.4 is 18.9 Å². The van der Waals surface area contributed by atoms with Crippen molar-refractivity contribution < 1.29 is 28.5 Å². The van der Waals surface area contributed by atoms with Crippen LogP contribution in [0.2, 0.25) is 0 Å². The molecule has 0 aliphatic rings. The standard InChI is InChI=1S/C82H110O6S8/c1-15-27-33-51(21-7)45-85-70-58-39-49(13)89-75(58)71(86-46-52(22-8)34-28-16-2)59-41-65(93-76(59)70)74-62-44-64(69(84)56(26-12)38-32-20-6)92-80(62)82(96-74)67-43-61-73(88-48-54(24-10)36-30-18-4)77-60(72(78(61)95-67)87-47-53(23-9)35-29-17-3)42-66(94-77)81-79-57(50(14)90-81)40-63(91-79)68(83)55(25-11)37-31-19-5/h39-44,51-56H,15-38,45-48H2,1-14H3. The lowest BCUT2D eigenvalue weighted by Crippen LogP contribution is -2.12. The first-order valence-corrected chi connectivity index (χ1v) is 44.0. The van der Waals surface area contributed by atoms with Crippen LogP contribution in [0, 0.1) is 49.4 Å². The average Bonchev–Trinajstić information content (AvgIpc) is 1.57. The van der Waals surface area contributed by atoms with Crippen LogP contribution in [-0.4, -0.2) is 38.0 Å². The molecule has 0 amide bonds. The van der Waals surface area contributed by atoms with Gasteiger partial charge >= 0.3 is 0 Å². The van der Waals surface area contributed by atoms with Crippen LogP contribution in [0.5, 0.6) is 23.0 Å². The van der Waals surface area contributed by atoms with E-state index >= 15 is 4.79 Å². The number of benzene rings is 2. The Morgan fingerprint density at radius 1 is 0.323 bits per heavy atom. The van der Waals surface area contributed by atoms with E-state index in [0.29, 0.717) is 55.9 Å². The number of thiophene rings is 8. The average molecular weight is 1450 g/mol. The zero-order chi connectivity index (χ0) is 68.2. The second-order valence-corrected chi connectivity index (χ2v) is 36.3. The molecule has 96 heavy (non-hydrogen) atoms. The van der Waals surface area contributed by atoms with Crippen molar-refractivity contribution in [1.82, 2.24) is 0 Å². The Kier molecular flexibility index (Phi) is 27.8. The summed E-state index contributed by atoms with van der Waals surface area (Å²) in [5.41, 5.74) is 0. The Morgan fingerprint density at radius 2 is 0.646 bits per heavy atom. The van der Waals surface area contributed by atoms with E-state index in [2.05, 4.69) is 133 Å². The summed E-state index contributed by atoms with van der Waals surface area (Å²) in [4.78, 5) is 40.8. The highest BCUT2D eigenvalue weighted by Crippen LogP contribution is 2.59. The van der Waals surface area contributed by atoms with Gasteiger partial charge < -0.3 is 18.9 Å². The van der Waals surface area contributed by atoms with Crippen LogP contribution >= 0.6 is 90.7 Å². The zero-order valence-corrected chi connectivity index (χ0v) is 67.0. The lowest BCUT2D eigenvalue weighted by atomic mass is 9.94. The molecule has 14 heteroatoms. The molecule has 6 unspecified atom stereocenters. The number of hydrogen-bond acceptors (Lipinski definition) is 14. The summed E-state index contributed by atoms with van der Waals surface area (Å²) in [6.45, 7) is 34.3. The lowest BCUT2D eigenvalue weighted by molar-refractivity contribution is 0.0905. The van der Waals surface area contributed by atoms with Gasteiger partial charge in [0.2, 0.25) is 0 Å². The molecule has 6 nitrogen and oxygen atoms in total. The number of unbranched alkanes of at least 4 members (excludes halogenated alkanes) is 6. The van der Waals surface area contributed by atoms with Crippen molar-refractivity contribution in [3.05, 3.63) is 55.9 Å². The normalized spacial score (nSPS) is 14.1. The smallest absolute Gasteiger partial charge is 0.175 e. The molecule has 0 radical (unpaired) electrons. The highest BCUT2D eigenvalue weighted by atomic mass is 32.1. The third kappa shape index (κ3) is 16.5. The quantitative estimate of drug-likeness (QED) is 0.0355. The Hall–Kier alpha value is -3.86. The summed E-state index contributed by atoms with van der Waals surface area (Å²) in [5, 5.41) is 6.86. The van der Waals surface area contributed by atoms with Crippen LogP contribution in [-0.2, 0) is 0 Å². The van der Waals surface area contributed by atoms with Gasteiger partial charge in [0.25, 0.3) is 0 Å². The maximum Gasteiger partial charge on any atom is 0.175 e. The van der Waals surface area contributed by atoms with Crippen LogP contribution in [0.25, 0.3) is 89.8 Å². The number of fused-ring (bicyclic) bond motifs is 6. The maximum atomic E-state index is 15.1. The number of Topliss-reactive ketones (excluding diaryl/α,β-unsaturated/α-hetero) is 2. The fourth-order valence-corrected chi connectivity index (χ4v) is 24.1. The molecule has 0 bridgehead atoms. The molecule has 6 atom stereocenters. The summed E-state index contributed by atoms with van der Waals surface area (Å²) in [6, 6.07) is 14.1. The zero-order valence-electron chi connectivity index (χ0n) is 60.4. The summed E-state index contributed by atoms with van der Waals surface area (Å²) < 4.78 is 36.4. The van der Waals surface area contributed by atoms with E-state index in [1.54, 1.807) is 22.7 Å². The van der Waals surface area contributed by atoms with Crippen molar-refractivity contribution in [3.63, 3.8) is 0 Å². The predicted octanol–water partition coefficient (Wildman–Crippen LogP) is 29.9. The second kappa shape index (κ2) is 35.6. The van der Waals surface area contributed by atoms with Gasteiger partial charge in [-0.3, -0.25) is 9.59 Å². The number of ether oxygens (including phenoxy) is 4. The van der Waals surface area contributed by atoms with Gasteiger partial charge in [-0.25, -0.2) is 0 Å². The van der Waals surface area contributed by atoms with Gasteiger partial charge in [-0.1, -0.05) is 186 Å². The topological polar surface area (TPSA) is 71.1 Å². The fraction of sp³-hybridized carbons (Fsp3) is 0.585. The summed E-state index contributed by atoms with van der Waals surface area (Å²) in [5.74, 6) is 6.27. The number of hydrogen-bond donors (Lipinski definition) is 0. The summed E-state index contributed by atoms with van der Waals surface area (Å²) in [7, 11) is 0. The van der Waals surface area contributed by atoms with Crippen LogP contribution in [0.4, 0.5) is 0 Å². The molecule has 0 N–H and O–H groups in total. The molecule has 2 aromatic carbocycles. The minimum atomic E-state index is -0.0189. The molecule has 8 aromatic heterocycles. The first-order valence-electron chi connectivity index (χ1n) is 37.5. The van der Waals surface area contributed by atoms with Gasteiger partial charge in [0.05, 0.1) is 79.0 Å². The third-order valence-electron chi connectivity index (χ3n) is 20.5. The van der Waals surface area contributed by atoms with Crippen molar-refractivity contribution >= 4 is 163 Å². The fourth-order valence-electron chi connectivity index (χ4n) is 13.9. The number of ketones is 2. The Labute approximate surface area is 607 Å². The minimum absolute atomic E-state index is 0.0189. The Bertz CT molecular complexity index is 4020. The lowest BCUT2D eigenvalue weighted by Gasteiger charge is -2.19. The first-order chi connectivity index (χ1) is 46.7. The molecule has 0 spiro atoms. The van der Waals surface area contributed by atoms with Crippen LogP contribution in [0.3, 0.4) is 0 Å². The number of carbonyl (C=O) groups is 2. The van der Waals surface area contributed by atoms with Crippen molar-refractivity contribution in [2.45, 2.75) is 251 Å². The van der Waals surface area contributed by atoms with E-state index in [0.717, 1.165) is 189 Å². The highest BCUT2D eigenvalue weighted by molar-refractivity contribution is 7.35. The monoisotopic (exact) mass is 1450 g/mol. The Morgan fingerprint density at radius 3 is 1.01 bits per heavy atom. The second-order valence-electron chi connectivity index (χ2n) is 27.6. The summed E-state index contributed by atoms with van der Waals surface area (Å²) in [6.07, 6.45) is 26.1. The molecular formula is C82H110O6S8. The molecule has 8 heterocycles. The highest BCUT2D eigenvalue weighted by Gasteiger charge is 2.32. The maximum absolute atomic E-state index is 15.1. The largest absolute Gasteiger partial charge is 0.491 e. The molecular weight excluding hydrogens is 1340 g/mol. The number of rotatable bonds is 43. The van der Waals surface area contributed by atoms with Crippen LogP contribution in [0.15, 0.2) is 36.4 Å². The van der Waals surface area contributed by atoms with E-state index in [4.69, 9.17) is 18.9 Å². The van der Waals surface area contributed by atoms with E-state index in [1.807, 2.05) is 68.0 Å². The summed E-state index contributed by atoms with van der Waals surface area (Å²) >= 11 is 14.5. The van der Waals surface area contributed by atoms with E-state index < -0.39 is 0 Å². The predicted molar refractivity (Wildman–Crippen MR) is 431 cm³/mol. The molecule has 522 valence electrons. The van der Waals surface area contributed by atoms with Gasteiger partial charge in [-0.15, -0.1) is 90.7 Å². The van der Waals surface area contributed by atoms with Crippen molar-refractivity contribution in [2.24, 2.45) is 35.5 Å². The number of carbonyl (C=O) groups excluding carboxylic acids is 2. The van der Waals surface area contributed by atoms with Gasteiger partial charge in [0, 0.05) is 68.5 Å². The van der Waals surface area contributed by atoms with Gasteiger partial charge in [0.1, 0.15) is 23.0 Å². The molecule has 0 saturated carbocycles. The molecule has 0 fully saturated rings. The van der Waals surface area contributed by atoms with E-state index in [1.165, 1.54) is 97.0 Å². The van der Waals surface area contributed by atoms with Gasteiger partial charge in [-0.2, -0.15) is 0 Å². The molecule has 10 aromatic rings.